The van der Waals surface area contributed by atoms with Crippen LogP contribution in [-0.2, 0) is 6.42 Å². The van der Waals surface area contributed by atoms with Crippen LogP contribution in [0.4, 0.5) is 0 Å². The maximum absolute atomic E-state index is 11.9. The third-order valence-electron chi connectivity index (χ3n) is 2.63. The van der Waals surface area contributed by atoms with E-state index in [2.05, 4.69) is 0 Å². The topological polar surface area (TPSA) is 17.1 Å². The van der Waals surface area contributed by atoms with Gasteiger partial charge in [0, 0.05) is 17.0 Å². The number of Topliss-reactive ketones (excluding diaryl/α,β-unsaturated/α-hetero) is 1. The molecule has 0 aromatic heterocycles. The summed E-state index contributed by atoms with van der Waals surface area (Å²) >= 11 is 5.85. The Hall–Kier alpha value is -1.60. The third kappa shape index (κ3) is 3.43. The normalized spacial score (nSPS) is 10.2. The standard InChI is InChI=1S/C15H13ClO/c16-14-8-4-7-13(11-14)15(17)10-9-12-5-2-1-3-6-12/h1-8,11H,9-10H2. The van der Waals surface area contributed by atoms with E-state index in [1.807, 2.05) is 30.3 Å². The van der Waals surface area contributed by atoms with Gasteiger partial charge in [0.05, 0.1) is 0 Å². The van der Waals surface area contributed by atoms with E-state index in [4.69, 9.17) is 11.6 Å². The van der Waals surface area contributed by atoms with E-state index in [9.17, 15) is 4.79 Å². The van der Waals surface area contributed by atoms with E-state index in [1.54, 1.807) is 24.3 Å². The molecule has 0 heterocycles. The molecule has 0 aliphatic heterocycles. The smallest absolute Gasteiger partial charge is 0.163 e. The second-order valence-corrected chi connectivity index (χ2v) is 4.36. The summed E-state index contributed by atoms with van der Waals surface area (Å²) in [7, 11) is 0. The van der Waals surface area contributed by atoms with Gasteiger partial charge < -0.3 is 0 Å². The molecule has 2 aromatic rings. The van der Waals surface area contributed by atoms with Crippen LogP contribution in [-0.4, -0.2) is 5.78 Å². The maximum Gasteiger partial charge on any atom is 0.163 e. The predicted octanol–water partition coefficient (Wildman–Crippen LogP) is 4.16. The predicted molar refractivity (Wildman–Crippen MR) is 70.5 cm³/mol. The zero-order chi connectivity index (χ0) is 12.1. The van der Waals surface area contributed by atoms with Crippen LogP contribution in [0, 0.1) is 0 Å². The second kappa shape index (κ2) is 5.65. The molecular formula is C15H13ClO. The van der Waals surface area contributed by atoms with Crippen molar-refractivity contribution < 1.29 is 4.79 Å². The molecule has 0 saturated heterocycles. The molecule has 0 bridgehead atoms. The van der Waals surface area contributed by atoms with Gasteiger partial charge >= 0.3 is 0 Å². The Kier molecular flexibility index (Phi) is 3.94. The second-order valence-electron chi connectivity index (χ2n) is 3.92. The fourth-order valence-corrected chi connectivity index (χ4v) is 1.90. The van der Waals surface area contributed by atoms with Crippen molar-refractivity contribution in [2.45, 2.75) is 12.8 Å². The number of aryl methyl sites for hydroxylation is 1. The minimum absolute atomic E-state index is 0.136. The molecule has 0 amide bonds. The minimum Gasteiger partial charge on any atom is -0.294 e. The van der Waals surface area contributed by atoms with Gasteiger partial charge in [0.15, 0.2) is 5.78 Å². The molecule has 0 aliphatic rings. The zero-order valence-corrected chi connectivity index (χ0v) is 10.2. The Bertz CT molecular complexity index is 505. The minimum atomic E-state index is 0.136. The lowest BCUT2D eigenvalue weighted by Crippen LogP contribution is -2.00. The third-order valence-corrected chi connectivity index (χ3v) is 2.87. The number of hydrogen-bond donors (Lipinski definition) is 0. The van der Waals surface area contributed by atoms with Crippen LogP contribution in [0.25, 0.3) is 0 Å². The van der Waals surface area contributed by atoms with Crippen LogP contribution in [0.5, 0.6) is 0 Å². The van der Waals surface area contributed by atoms with E-state index in [1.165, 1.54) is 5.56 Å². The number of hydrogen-bond acceptors (Lipinski definition) is 1. The van der Waals surface area contributed by atoms with Crippen molar-refractivity contribution in [3.63, 3.8) is 0 Å². The van der Waals surface area contributed by atoms with E-state index in [-0.39, 0.29) is 5.78 Å². The van der Waals surface area contributed by atoms with Crippen LogP contribution in [0.2, 0.25) is 5.02 Å². The number of carbonyl (C=O) groups is 1. The first-order valence-electron chi connectivity index (χ1n) is 5.58. The number of rotatable bonds is 4. The highest BCUT2D eigenvalue weighted by molar-refractivity contribution is 6.31. The molecule has 1 nitrogen and oxygen atoms in total. The van der Waals surface area contributed by atoms with Gasteiger partial charge in [-0.2, -0.15) is 0 Å². The van der Waals surface area contributed by atoms with Gasteiger partial charge in [-0.05, 0) is 24.1 Å². The van der Waals surface area contributed by atoms with Gasteiger partial charge in [0.2, 0.25) is 0 Å². The highest BCUT2D eigenvalue weighted by atomic mass is 35.5. The Morgan fingerprint density at radius 1 is 1.00 bits per heavy atom. The molecule has 0 atom stereocenters. The van der Waals surface area contributed by atoms with Crippen LogP contribution in [0.1, 0.15) is 22.3 Å². The molecule has 0 spiro atoms. The van der Waals surface area contributed by atoms with Crippen molar-refractivity contribution in [3.05, 3.63) is 70.7 Å². The number of halogens is 1. The maximum atomic E-state index is 11.9. The van der Waals surface area contributed by atoms with Crippen LogP contribution in [0.3, 0.4) is 0 Å². The zero-order valence-electron chi connectivity index (χ0n) is 9.40. The van der Waals surface area contributed by atoms with Crippen molar-refractivity contribution in [3.8, 4) is 0 Å². The lowest BCUT2D eigenvalue weighted by atomic mass is 10.0. The fraction of sp³-hybridized carbons (Fsp3) is 0.133. The Morgan fingerprint density at radius 2 is 1.76 bits per heavy atom. The molecule has 0 radical (unpaired) electrons. The summed E-state index contributed by atoms with van der Waals surface area (Å²) in [6, 6.07) is 17.1. The van der Waals surface area contributed by atoms with Crippen molar-refractivity contribution in [1.29, 1.82) is 0 Å². The highest BCUT2D eigenvalue weighted by Crippen LogP contribution is 2.13. The van der Waals surface area contributed by atoms with Crippen molar-refractivity contribution in [2.24, 2.45) is 0 Å². The molecule has 2 heteroatoms. The van der Waals surface area contributed by atoms with Crippen LogP contribution in [0.15, 0.2) is 54.6 Å². The summed E-state index contributed by atoms with van der Waals surface area (Å²) in [6.45, 7) is 0. The van der Waals surface area contributed by atoms with Gasteiger partial charge in [0.25, 0.3) is 0 Å². The van der Waals surface area contributed by atoms with Crippen LogP contribution >= 0.6 is 11.6 Å². The monoisotopic (exact) mass is 244 g/mol. The summed E-state index contributed by atoms with van der Waals surface area (Å²) in [5.41, 5.74) is 1.87. The Balaban J connectivity index is 1.98. The van der Waals surface area contributed by atoms with Gasteiger partial charge in [-0.25, -0.2) is 0 Å². The average molecular weight is 245 g/mol. The first kappa shape index (κ1) is 11.9. The van der Waals surface area contributed by atoms with Crippen LogP contribution < -0.4 is 0 Å². The van der Waals surface area contributed by atoms with E-state index in [0.717, 1.165) is 6.42 Å². The molecular weight excluding hydrogens is 232 g/mol. The molecule has 17 heavy (non-hydrogen) atoms. The van der Waals surface area contributed by atoms with Crippen molar-refractivity contribution >= 4 is 17.4 Å². The highest BCUT2D eigenvalue weighted by Gasteiger charge is 2.06. The molecule has 2 aromatic carbocycles. The van der Waals surface area contributed by atoms with E-state index < -0.39 is 0 Å². The largest absolute Gasteiger partial charge is 0.294 e. The van der Waals surface area contributed by atoms with Crippen molar-refractivity contribution in [2.75, 3.05) is 0 Å². The summed E-state index contributed by atoms with van der Waals surface area (Å²) in [4.78, 5) is 11.9. The molecule has 0 fully saturated rings. The quantitative estimate of drug-likeness (QED) is 0.739. The molecule has 0 saturated carbocycles. The SMILES string of the molecule is O=C(CCc1ccccc1)c1cccc(Cl)c1. The van der Waals surface area contributed by atoms with Gasteiger partial charge in [-0.1, -0.05) is 54.1 Å². The first-order valence-corrected chi connectivity index (χ1v) is 5.96. The molecule has 0 N–H and O–H groups in total. The summed E-state index contributed by atoms with van der Waals surface area (Å²) < 4.78 is 0. The van der Waals surface area contributed by atoms with E-state index >= 15 is 0 Å². The van der Waals surface area contributed by atoms with E-state index in [0.29, 0.717) is 17.0 Å². The van der Waals surface area contributed by atoms with Gasteiger partial charge in [-0.15, -0.1) is 0 Å². The Labute approximate surface area is 106 Å². The number of ketones is 1. The van der Waals surface area contributed by atoms with Gasteiger partial charge in [0.1, 0.15) is 0 Å². The first-order chi connectivity index (χ1) is 8.25. The molecule has 86 valence electrons. The summed E-state index contributed by atoms with van der Waals surface area (Å²) in [5.74, 6) is 0.136. The Morgan fingerprint density at radius 3 is 2.47 bits per heavy atom. The molecule has 0 aliphatic carbocycles. The van der Waals surface area contributed by atoms with Crippen molar-refractivity contribution in [1.82, 2.24) is 0 Å². The van der Waals surface area contributed by atoms with Gasteiger partial charge in [-0.3, -0.25) is 4.79 Å². The lowest BCUT2D eigenvalue weighted by molar-refractivity contribution is 0.0983. The molecule has 0 unspecified atom stereocenters. The molecule has 2 rings (SSSR count). The number of benzene rings is 2. The summed E-state index contributed by atoms with van der Waals surface area (Å²) in [6.07, 6.45) is 1.29. The number of carbonyl (C=O) groups excluding carboxylic acids is 1. The lowest BCUT2D eigenvalue weighted by Gasteiger charge is -2.02. The summed E-state index contributed by atoms with van der Waals surface area (Å²) in [5, 5.41) is 0.607. The fourth-order valence-electron chi connectivity index (χ4n) is 1.71. The average Bonchev–Trinajstić information content (AvgIpc) is 2.37.